The molecule has 0 aromatic rings. The first-order valence-corrected chi connectivity index (χ1v) is 12.5. The number of rotatable bonds is 5. The molecule has 4 fully saturated rings. The quantitative estimate of drug-likeness (QED) is 0.336. The molecule has 0 heterocycles. The van der Waals surface area contributed by atoms with Crippen molar-refractivity contribution < 1.29 is 0 Å². The fourth-order valence-electron chi connectivity index (χ4n) is 8.67. The molecule has 152 valence electrons. The van der Waals surface area contributed by atoms with Crippen LogP contribution in [0.4, 0.5) is 0 Å². The van der Waals surface area contributed by atoms with Gasteiger partial charge in [0.25, 0.3) is 0 Å². The van der Waals surface area contributed by atoms with Crippen molar-refractivity contribution in [2.45, 2.75) is 117 Å². The summed E-state index contributed by atoms with van der Waals surface area (Å²) in [7, 11) is 0. The minimum Gasteiger partial charge on any atom is -0.0914 e. The van der Waals surface area contributed by atoms with Crippen molar-refractivity contribution in [3.8, 4) is 0 Å². The molecule has 0 spiro atoms. The molecule has 0 saturated heterocycles. The minimum atomic E-state index is 0.494. The van der Waals surface area contributed by atoms with Gasteiger partial charge >= 0.3 is 0 Å². The molecule has 0 N–H and O–H groups in total. The van der Waals surface area contributed by atoms with Crippen LogP contribution in [-0.4, -0.2) is 0 Å². The molecule has 0 nitrogen and oxygen atoms in total. The van der Waals surface area contributed by atoms with Crippen LogP contribution in [0.5, 0.6) is 0 Å². The molecule has 0 radical (unpaired) electrons. The molecule has 0 heteroatoms. The van der Waals surface area contributed by atoms with Crippen molar-refractivity contribution in [2.75, 3.05) is 0 Å². The van der Waals surface area contributed by atoms with Crippen LogP contribution >= 0.6 is 0 Å². The van der Waals surface area contributed by atoms with Crippen LogP contribution in [0.25, 0.3) is 0 Å². The summed E-state index contributed by atoms with van der Waals surface area (Å²) in [5, 5.41) is 0. The molecule has 4 saturated carbocycles. The Balaban J connectivity index is 1.79. The monoisotopic (exact) mass is 368 g/mol. The Morgan fingerprint density at radius 2 is 1.26 bits per heavy atom. The summed E-state index contributed by atoms with van der Waals surface area (Å²) in [5.74, 6) is 1.84. The van der Waals surface area contributed by atoms with Gasteiger partial charge in [-0.3, -0.25) is 0 Å². The minimum absolute atomic E-state index is 0.494. The lowest BCUT2D eigenvalue weighted by atomic mass is 9.44. The van der Waals surface area contributed by atoms with Crippen LogP contribution in [0.3, 0.4) is 0 Å². The third-order valence-corrected chi connectivity index (χ3v) is 9.63. The summed E-state index contributed by atoms with van der Waals surface area (Å²) in [6.07, 6.45) is 34.3. The Morgan fingerprint density at radius 1 is 0.667 bits per heavy atom. The number of hydrogen-bond donors (Lipinski definition) is 0. The highest BCUT2D eigenvalue weighted by Crippen LogP contribution is 2.78. The lowest BCUT2D eigenvalue weighted by Crippen LogP contribution is -2.52. The summed E-state index contributed by atoms with van der Waals surface area (Å²) in [4.78, 5) is 0. The second-order valence-corrected chi connectivity index (χ2v) is 10.6. The molecule has 2 unspecified atom stereocenters. The third-order valence-electron chi connectivity index (χ3n) is 9.63. The van der Waals surface area contributed by atoms with Gasteiger partial charge in [0, 0.05) is 5.41 Å². The summed E-state index contributed by atoms with van der Waals surface area (Å²) in [6.45, 7) is 4.52. The van der Waals surface area contributed by atoms with Crippen LogP contribution < -0.4 is 0 Å². The zero-order valence-corrected chi connectivity index (χ0v) is 18.3. The Kier molecular flexibility index (Phi) is 5.92. The topological polar surface area (TPSA) is 0 Å². The van der Waals surface area contributed by atoms with Crippen LogP contribution in [0.2, 0.25) is 0 Å². The SMILES string of the molecule is CC=CC1CC1(C=CC)C1(C2(C3CCCCCC3)CCCCC2)CCCC1. The van der Waals surface area contributed by atoms with Crippen LogP contribution in [0.15, 0.2) is 24.3 Å². The van der Waals surface area contributed by atoms with E-state index in [-0.39, 0.29) is 0 Å². The third kappa shape index (κ3) is 3.08. The van der Waals surface area contributed by atoms with Gasteiger partial charge in [0.1, 0.15) is 0 Å². The zero-order chi connectivity index (χ0) is 18.8. The molecule has 4 rings (SSSR count). The van der Waals surface area contributed by atoms with Crippen LogP contribution in [-0.2, 0) is 0 Å². The van der Waals surface area contributed by atoms with E-state index in [2.05, 4.69) is 38.2 Å². The van der Waals surface area contributed by atoms with Crippen molar-refractivity contribution in [3.63, 3.8) is 0 Å². The van der Waals surface area contributed by atoms with Gasteiger partial charge in [-0.2, -0.15) is 0 Å². The van der Waals surface area contributed by atoms with Crippen molar-refractivity contribution >= 4 is 0 Å². The van der Waals surface area contributed by atoms with E-state index >= 15 is 0 Å². The largest absolute Gasteiger partial charge is 0.0914 e. The molecule has 27 heavy (non-hydrogen) atoms. The van der Waals surface area contributed by atoms with Gasteiger partial charge in [-0.15, -0.1) is 0 Å². The van der Waals surface area contributed by atoms with Crippen LogP contribution in [0, 0.1) is 28.1 Å². The van der Waals surface area contributed by atoms with Gasteiger partial charge in [-0.1, -0.05) is 82.1 Å². The number of hydrogen-bond acceptors (Lipinski definition) is 0. The average molecular weight is 369 g/mol. The van der Waals surface area contributed by atoms with Crippen molar-refractivity contribution in [1.29, 1.82) is 0 Å². The lowest BCUT2D eigenvalue weighted by Gasteiger charge is -2.59. The Bertz CT molecular complexity index is 532. The van der Waals surface area contributed by atoms with E-state index in [4.69, 9.17) is 0 Å². The normalized spacial score (nSPS) is 37.0. The predicted molar refractivity (Wildman–Crippen MR) is 118 cm³/mol. The molecular weight excluding hydrogens is 324 g/mol. The van der Waals surface area contributed by atoms with Gasteiger partial charge in [0.15, 0.2) is 0 Å². The molecule has 0 aromatic carbocycles. The van der Waals surface area contributed by atoms with E-state index < -0.39 is 0 Å². The fraction of sp³-hybridized carbons (Fsp3) is 0.852. The smallest absolute Gasteiger partial charge is 0.00124 e. The molecule has 0 aromatic heterocycles. The molecule has 4 aliphatic rings. The average Bonchev–Trinajstić information content (AvgIpc) is 3.27. The second kappa shape index (κ2) is 8.08. The zero-order valence-electron chi connectivity index (χ0n) is 18.3. The Morgan fingerprint density at radius 3 is 1.85 bits per heavy atom. The fourth-order valence-corrected chi connectivity index (χ4v) is 8.67. The predicted octanol–water partition coefficient (Wildman–Crippen LogP) is 8.63. The van der Waals surface area contributed by atoms with Gasteiger partial charge in [0.05, 0.1) is 0 Å². The highest BCUT2D eigenvalue weighted by Gasteiger charge is 2.71. The maximum Gasteiger partial charge on any atom is 0.00124 e. The summed E-state index contributed by atoms with van der Waals surface area (Å²) in [5.41, 5.74) is 1.75. The molecule has 0 amide bonds. The van der Waals surface area contributed by atoms with Crippen molar-refractivity contribution in [3.05, 3.63) is 24.3 Å². The molecule has 0 aliphatic heterocycles. The first-order chi connectivity index (χ1) is 13.2. The standard InChI is InChI=1S/C27H44/c1-3-14-24-22-26(24,17-4-2)27(20-12-13-21-27)25(18-10-7-11-19-25)23-15-8-5-6-9-16-23/h3-4,14,17,23-24H,5-13,15-16,18-22H2,1-2H3. The van der Waals surface area contributed by atoms with E-state index in [0.717, 1.165) is 11.8 Å². The Labute approximate surface area is 169 Å². The maximum absolute atomic E-state index is 2.72. The van der Waals surface area contributed by atoms with Crippen LogP contribution in [0.1, 0.15) is 117 Å². The number of allylic oxidation sites excluding steroid dienone is 4. The van der Waals surface area contributed by atoms with E-state index in [9.17, 15) is 0 Å². The molecular formula is C27H44. The second-order valence-electron chi connectivity index (χ2n) is 10.6. The highest BCUT2D eigenvalue weighted by atomic mass is 14.7. The van der Waals surface area contributed by atoms with Gasteiger partial charge in [-0.05, 0) is 81.5 Å². The van der Waals surface area contributed by atoms with E-state index in [1.54, 1.807) is 25.7 Å². The van der Waals surface area contributed by atoms with E-state index in [1.165, 1.54) is 77.0 Å². The first kappa shape index (κ1) is 19.8. The van der Waals surface area contributed by atoms with Gasteiger partial charge in [-0.25, -0.2) is 0 Å². The van der Waals surface area contributed by atoms with Crippen molar-refractivity contribution in [2.24, 2.45) is 28.1 Å². The lowest BCUT2D eigenvalue weighted by molar-refractivity contribution is -0.0970. The summed E-state index contributed by atoms with van der Waals surface area (Å²) >= 11 is 0. The first-order valence-electron chi connectivity index (χ1n) is 12.5. The maximum atomic E-state index is 2.72. The highest BCUT2D eigenvalue weighted by molar-refractivity contribution is 5.30. The van der Waals surface area contributed by atoms with E-state index in [0.29, 0.717) is 16.2 Å². The Hall–Kier alpha value is -0.520. The molecule has 4 aliphatic carbocycles. The van der Waals surface area contributed by atoms with Gasteiger partial charge < -0.3 is 0 Å². The van der Waals surface area contributed by atoms with Gasteiger partial charge in [0.2, 0.25) is 0 Å². The van der Waals surface area contributed by atoms with Crippen molar-refractivity contribution in [1.82, 2.24) is 0 Å². The summed E-state index contributed by atoms with van der Waals surface area (Å²) in [6, 6.07) is 0. The summed E-state index contributed by atoms with van der Waals surface area (Å²) < 4.78 is 0. The molecule has 2 atom stereocenters. The van der Waals surface area contributed by atoms with E-state index in [1.807, 2.05) is 0 Å². The molecule has 0 bridgehead atoms.